The number of hydrogen-bond acceptors (Lipinski definition) is 2. The van der Waals surface area contributed by atoms with Gasteiger partial charge in [-0.2, -0.15) is 13.2 Å². The van der Waals surface area contributed by atoms with E-state index in [0.717, 1.165) is 12.3 Å². The van der Waals surface area contributed by atoms with Gasteiger partial charge in [0, 0.05) is 18.0 Å². The number of alkyl halides is 3. The lowest BCUT2D eigenvalue weighted by molar-refractivity contribution is -0.0857. The first-order valence-corrected chi connectivity index (χ1v) is 4.01. The molecule has 1 atom stereocenters. The Morgan fingerprint density at radius 1 is 1.50 bits per heavy atom. The first kappa shape index (κ1) is 12.9. The summed E-state index contributed by atoms with van der Waals surface area (Å²) >= 11 is 0. The predicted molar refractivity (Wildman–Crippen MR) is 51.1 cm³/mol. The Balaban J connectivity index is 4.59. The minimum absolute atomic E-state index is 0.216. The molecule has 2 nitrogen and oxygen atoms in total. The van der Waals surface area contributed by atoms with Gasteiger partial charge in [0.1, 0.15) is 0 Å². The van der Waals surface area contributed by atoms with Crippen LogP contribution in [0, 0.1) is 0 Å². The van der Waals surface area contributed by atoms with Crippen molar-refractivity contribution in [2.75, 3.05) is 0 Å². The van der Waals surface area contributed by atoms with E-state index in [1.807, 2.05) is 0 Å². The van der Waals surface area contributed by atoms with Gasteiger partial charge in [-0.25, -0.2) is 0 Å². The molecule has 14 heavy (non-hydrogen) atoms. The number of nitrogens with zero attached hydrogens (tertiary/aromatic N) is 1. The second-order valence-corrected chi connectivity index (χ2v) is 2.78. The summed E-state index contributed by atoms with van der Waals surface area (Å²) in [6.45, 7) is 6.32. The fourth-order valence-electron chi connectivity index (χ4n) is 0.581. The molecule has 0 aromatic carbocycles. The summed E-state index contributed by atoms with van der Waals surface area (Å²) in [5.41, 5.74) is 4.77. The minimum Gasteiger partial charge on any atom is -0.323 e. The van der Waals surface area contributed by atoms with Gasteiger partial charge < -0.3 is 5.73 Å². The normalized spacial score (nSPS) is 16.0. The van der Waals surface area contributed by atoms with Crippen molar-refractivity contribution >= 4 is 6.21 Å². The number of hydrogen-bond donors (Lipinski definition) is 1. The summed E-state index contributed by atoms with van der Waals surface area (Å²) < 4.78 is 36.5. The molecule has 0 saturated heterocycles. The summed E-state index contributed by atoms with van der Waals surface area (Å²) in [6.07, 6.45) is -2.71. The van der Waals surface area contributed by atoms with Crippen LogP contribution in [0.5, 0.6) is 0 Å². The summed E-state index contributed by atoms with van der Waals surface area (Å²) in [5.74, 6) is 0. The van der Waals surface area contributed by atoms with Crippen LogP contribution in [-0.2, 0) is 0 Å². The highest BCUT2D eigenvalue weighted by Crippen LogP contribution is 2.24. The first-order chi connectivity index (χ1) is 6.29. The highest BCUT2D eigenvalue weighted by atomic mass is 19.4. The standard InChI is InChI=1S/C9H13F3N2/c1-4-8(9(10,11)12)5-14-7(3)6(2)13/h4-6H,3,13H2,1-2H3/b8-4+,14-5?. The van der Waals surface area contributed by atoms with Gasteiger partial charge in [0.25, 0.3) is 0 Å². The maximum Gasteiger partial charge on any atom is 0.417 e. The Bertz CT molecular complexity index is 262. The summed E-state index contributed by atoms with van der Waals surface area (Å²) in [4.78, 5) is 3.53. The molecule has 0 spiro atoms. The van der Waals surface area contributed by atoms with E-state index in [9.17, 15) is 13.2 Å². The SMILES string of the molecule is C=C(N=C/C(=C\C)C(F)(F)F)C(C)N. The topological polar surface area (TPSA) is 38.4 Å². The lowest BCUT2D eigenvalue weighted by Crippen LogP contribution is -2.17. The molecule has 0 bridgehead atoms. The molecule has 0 amide bonds. The highest BCUT2D eigenvalue weighted by Gasteiger charge is 2.31. The fourth-order valence-corrected chi connectivity index (χ4v) is 0.581. The van der Waals surface area contributed by atoms with Gasteiger partial charge in [0.15, 0.2) is 0 Å². The van der Waals surface area contributed by atoms with E-state index in [4.69, 9.17) is 5.73 Å². The number of halogens is 3. The molecule has 0 aromatic rings. The van der Waals surface area contributed by atoms with E-state index in [1.54, 1.807) is 6.92 Å². The number of rotatable bonds is 3. The van der Waals surface area contributed by atoms with Gasteiger partial charge in [-0.3, -0.25) is 4.99 Å². The van der Waals surface area contributed by atoms with Gasteiger partial charge in [-0.15, -0.1) is 0 Å². The summed E-state index contributed by atoms with van der Waals surface area (Å²) in [6, 6.07) is -0.447. The number of allylic oxidation sites excluding steroid dienone is 2. The number of nitrogens with two attached hydrogens (primary N) is 1. The van der Waals surface area contributed by atoms with Gasteiger partial charge >= 0.3 is 6.18 Å². The van der Waals surface area contributed by atoms with Gasteiger partial charge in [-0.1, -0.05) is 12.7 Å². The van der Waals surface area contributed by atoms with Crippen LogP contribution in [0.2, 0.25) is 0 Å². The monoisotopic (exact) mass is 206 g/mol. The molecule has 0 aliphatic heterocycles. The molecule has 2 N–H and O–H groups in total. The molecule has 0 aromatic heterocycles. The molecular weight excluding hydrogens is 193 g/mol. The van der Waals surface area contributed by atoms with E-state index >= 15 is 0 Å². The van der Waals surface area contributed by atoms with Crippen LogP contribution in [0.3, 0.4) is 0 Å². The zero-order valence-electron chi connectivity index (χ0n) is 8.10. The average molecular weight is 206 g/mol. The van der Waals surface area contributed by atoms with Crippen LogP contribution >= 0.6 is 0 Å². The van der Waals surface area contributed by atoms with Gasteiger partial charge in [0.05, 0.1) is 5.57 Å². The fraction of sp³-hybridized carbons (Fsp3) is 0.444. The maximum absolute atomic E-state index is 12.2. The largest absolute Gasteiger partial charge is 0.417 e. The van der Waals surface area contributed by atoms with E-state index < -0.39 is 17.8 Å². The van der Waals surface area contributed by atoms with Crippen LogP contribution in [0.15, 0.2) is 28.9 Å². The smallest absolute Gasteiger partial charge is 0.323 e. The molecule has 0 rings (SSSR count). The van der Waals surface area contributed by atoms with Crippen molar-refractivity contribution in [3.63, 3.8) is 0 Å². The third-order valence-electron chi connectivity index (χ3n) is 1.53. The molecule has 1 unspecified atom stereocenters. The molecule has 0 saturated carbocycles. The van der Waals surface area contributed by atoms with Crippen LogP contribution in [-0.4, -0.2) is 18.4 Å². The molecule has 0 fully saturated rings. The zero-order chi connectivity index (χ0) is 11.4. The molecule has 0 heterocycles. The quantitative estimate of drug-likeness (QED) is 0.707. The lowest BCUT2D eigenvalue weighted by atomic mass is 10.2. The molecule has 0 aliphatic rings. The Labute approximate surface area is 81.0 Å². The highest BCUT2D eigenvalue weighted by molar-refractivity contribution is 5.80. The minimum atomic E-state index is -4.38. The first-order valence-electron chi connectivity index (χ1n) is 4.01. The van der Waals surface area contributed by atoms with Crippen molar-refractivity contribution in [1.82, 2.24) is 0 Å². The van der Waals surface area contributed by atoms with E-state index in [-0.39, 0.29) is 5.70 Å². The van der Waals surface area contributed by atoms with Crippen LogP contribution in [0.25, 0.3) is 0 Å². The van der Waals surface area contributed by atoms with Crippen molar-refractivity contribution in [2.45, 2.75) is 26.1 Å². The molecule has 80 valence electrons. The van der Waals surface area contributed by atoms with Crippen LogP contribution in [0.4, 0.5) is 13.2 Å². The summed E-state index contributed by atoms with van der Waals surface area (Å²) in [5, 5.41) is 0. The van der Waals surface area contributed by atoms with Crippen molar-refractivity contribution in [2.24, 2.45) is 10.7 Å². The second kappa shape index (κ2) is 4.95. The van der Waals surface area contributed by atoms with Gasteiger partial charge in [0.2, 0.25) is 0 Å². The van der Waals surface area contributed by atoms with Crippen LogP contribution < -0.4 is 5.73 Å². The Kier molecular flexibility index (Phi) is 4.56. The summed E-state index contributed by atoms with van der Waals surface area (Å²) in [7, 11) is 0. The Morgan fingerprint density at radius 2 is 2.00 bits per heavy atom. The molecule has 0 radical (unpaired) electrons. The van der Waals surface area contributed by atoms with Crippen LogP contribution in [0.1, 0.15) is 13.8 Å². The number of aliphatic imine (C=N–C) groups is 1. The van der Waals surface area contributed by atoms with Gasteiger partial charge in [-0.05, 0) is 13.8 Å². The van der Waals surface area contributed by atoms with E-state index in [0.29, 0.717) is 0 Å². The van der Waals surface area contributed by atoms with E-state index in [1.165, 1.54) is 6.92 Å². The predicted octanol–water partition coefficient (Wildman–Crippen LogP) is 2.43. The Hall–Kier alpha value is -1.10. The molecule has 5 heteroatoms. The lowest BCUT2D eigenvalue weighted by Gasteiger charge is -2.07. The molecular formula is C9H13F3N2. The van der Waals surface area contributed by atoms with Crippen molar-refractivity contribution in [1.29, 1.82) is 0 Å². The maximum atomic E-state index is 12.2. The van der Waals surface area contributed by atoms with Crippen molar-refractivity contribution in [3.05, 3.63) is 23.9 Å². The third kappa shape index (κ3) is 4.23. The van der Waals surface area contributed by atoms with Crippen molar-refractivity contribution < 1.29 is 13.2 Å². The Morgan fingerprint density at radius 3 is 2.29 bits per heavy atom. The third-order valence-corrected chi connectivity index (χ3v) is 1.53. The van der Waals surface area contributed by atoms with Crippen molar-refractivity contribution in [3.8, 4) is 0 Å². The zero-order valence-corrected chi connectivity index (χ0v) is 8.10. The van der Waals surface area contributed by atoms with E-state index in [2.05, 4.69) is 11.6 Å². The molecule has 0 aliphatic carbocycles. The average Bonchev–Trinajstić information content (AvgIpc) is 2.02. The second-order valence-electron chi connectivity index (χ2n) is 2.78.